The number of benzene rings is 2. The summed E-state index contributed by atoms with van der Waals surface area (Å²) in [7, 11) is -3.94. The average Bonchev–Trinajstić information content (AvgIpc) is 2.73. The molecule has 1 N–H and O–H groups in total. The molecule has 0 atom stereocenters. The summed E-state index contributed by atoms with van der Waals surface area (Å²) >= 11 is 0. The van der Waals surface area contributed by atoms with E-state index in [0.29, 0.717) is 12.8 Å². The predicted molar refractivity (Wildman–Crippen MR) is 114 cm³/mol. The molecule has 1 fully saturated rings. The Balaban J connectivity index is 1.75. The lowest BCUT2D eigenvalue weighted by molar-refractivity contribution is -0.121. The highest BCUT2D eigenvalue weighted by molar-refractivity contribution is 7.89. The first-order chi connectivity index (χ1) is 14.4. The Morgan fingerprint density at radius 3 is 2.53 bits per heavy atom. The van der Waals surface area contributed by atoms with E-state index in [2.05, 4.69) is 10.5 Å². The Hall–Kier alpha value is -2.58. The molecule has 0 aliphatic heterocycles. The molecule has 0 heterocycles. The highest BCUT2D eigenvalue weighted by Gasteiger charge is 2.33. The molecule has 1 amide bonds. The number of nitrogens with zero attached hydrogens (tertiary/aromatic N) is 2. The van der Waals surface area contributed by atoms with Gasteiger partial charge < -0.3 is 0 Å². The van der Waals surface area contributed by atoms with Crippen molar-refractivity contribution in [3.63, 3.8) is 0 Å². The van der Waals surface area contributed by atoms with Crippen molar-refractivity contribution in [1.29, 1.82) is 0 Å². The number of nitrogens with one attached hydrogen (secondary N) is 1. The Kier molecular flexibility index (Phi) is 7.33. The maximum Gasteiger partial charge on any atom is 0.255 e. The maximum atomic E-state index is 13.3. The zero-order valence-corrected chi connectivity index (χ0v) is 17.7. The van der Waals surface area contributed by atoms with Crippen LogP contribution in [0.4, 0.5) is 4.39 Å². The second-order valence-corrected chi connectivity index (χ2v) is 9.39. The molecule has 1 saturated carbocycles. The molecule has 6 nitrogen and oxygen atoms in total. The standard InChI is InChI=1S/C22H26FN3O3S/c1-17-6-5-7-18(14-17)15-24-25-22(27)16-26(20-8-3-2-4-9-20)30(28,29)21-12-10-19(23)11-13-21/h5-7,10-15,20H,2-4,8-9,16H2,1H3,(H,25,27)/b24-15-. The minimum absolute atomic E-state index is 0.0227. The van der Waals surface area contributed by atoms with Gasteiger partial charge in [-0.15, -0.1) is 0 Å². The molecule has 1 aliphatic carbocycles. The van der Waals surface area contributed by atoms with Crippen LogP contribution in [0.1, 0.15) is 43.2 Å². The smallest absolute Gasteiger partial charge is 0.255 e. The molecule has 0 spiro atoms. The molecular formula is C22H26FN3O3S. The minimum Gasteiger partial charge on any atom is -0.272 e. The first kappa shape index (κ1) is 22.1. The fraction of sp³-hybridized carbons (Fsp3) is 0.364. The summed E-state index contributed by atoms with van der Waals surface area (Å²) in [4.78, 5) is 12.5. The van der Waals surface area contributed by atoms with Gasteiger partial charge in [0, 0.05) is 6.04 Å². The molecular weight excluding hydrogens is 405 g/mol. The third-order valence-corrected chi connectivity index (χ3v) is 7.06. The van der Waals surface area contributed by atoms with E-state index in [9.17, 15) is 17.6 Å². The number of rotatable bonds is 7. The third-order valence-electron chi connectivity index (χ3n) is 5.15. The van der Waals surface area contributed by atoms with Gasteiger partial charge in [-0.2, -0.15) is 9.41 Å². The van der Waals surface area contributed by atoms with Gasteiger partial charge in [0.25, 0.3) is 5.91 Å². The molecule has 8 heteroatoms. The van der Waals surface area contributed by atoms with Gasteiger partial charge in [0.2, 0.25) is 10.0 Å². The fourth-order valence-electron chi connectivity index (χ4n) is 3.63. The summed E-state index contributed by atoms with van der Waals surface area (Å²) < 4.78 is 40.9. The quantitative estimate of drug-likeness (QED) is 0.537. The number of carbonyl (C=O) groups is 1. The molecule has 1 aliphatic rings. The Labute approximate surface area is 176 Å². The highest BCUT2D eigenvalue weighted by atomic mass is 32.2. The summed E-state index contributed by atoms with van der Waals surface area (Å²) in [6, 6.07) is 12.0. The topological polar surface area (TPSA) is 78.8 Å². The number of halogens is 1. The number of hydrogen-bond acceptors (Lipinski definition) is 4. The van der Waals surface area contributed by atoms with Gasteiger partial charge >= 0.3 is 0 Å². The van der Waals surface area contributed by atoms with Crippen molar-refractivity contribution < 1.29 is 17.6 Å². The van der Waals surface area contributed by atoms with Crippen molar-refractivity contribution in [2.24, 2.45) is 5.10 Å². The molecule has 160 valence electrons. The van der Waals surface area contributed by atoms with Crippen LogP contribution in [0.5, 0.6) is 0 Å². The fourth-order valence-corrected chi connectivity index (χ4v) is 5.27. The monoisotopic (exact) mass is 431 g/mol. The third kappa shape index (κ3) is 5.73. The van der Waals surface area contributed by atoms with Crippen LogP contribution < -0.4 is 5.43 Å². The number of carbonyl (C=O) groups excluding carboxylic acids is 1. The summed E-state index contributed by atoms with van der Waals surface area (Å²) in [5, 5.41) is 3.95. The van der Waals surface area contributed by atoms with Crippen LogP contribution in [0.25, 0.3) is 0 Å². The van der Waals surface area contributed by atoms with Crippen LogP contribution in [0.2, 0.25) is 0 Å². The van der Waals surface area contributed by atoms with Crippen LogP contribution in [-0.2, 0) is 14.8 Å². The van der Waals surface area contributed by atoms with E-state index in [4.69, 9.17) is 0 Å². The van der Waals surface area contributed by atoms with Crippen molar-refractivity contribution >= 4 is 22.1 Å². The molecule has 30 heavy (non-hydrogen) atoms. The average molecular weight is 432 g/mol. The molecule has 0 saturated heterocycles. The SMILES string of the molecule is Cc1cccc(/C=N\NC(=O)CN(C2CCCCC2)S(=O)(=O)c2ccc(F)cc2)c1. The number of aryl methyl sites for hydroxylation is 1. The minimum atomic E-state index is -3.94. The van der Waals surface area contributed by atoms with E-state index >= 15 is 0 Å². The lowest BCUT2D eigenvalue weighted by Crippen LogP contribution is -2.46. The second-order valence-electron chi connectivity index (χ2n) is 7.50. The first-order valence-electron chi connectivity index (χ1n) is 10.0. The summed E-state index contributed by atoms with van der Waals surface area (Å²) in [5.74, 6) is -1.03. The molecule has 2 aromatic rings. The van der Waals surface area contributed by atoms with Crippen molar-refractivity contribution in [3.8, 4) is 0 Å². The van der Waals surface area contributed by atoms with Gasteiger partial charge in [0.15, 0.2) is 0 Å². The normalized spacial score (nSPS) is 15.6. The van der Waals surface area contributed by atoms with Crippen LogP contribution in [0, 0.1) is 12.7 Å². The van der Waals surface area contributed by atoms with E-state index in [-0.39, 0.29) is 17.5 Å². The zero-order valence-electron chi connectivity index (χ0n) is 16.9. The predicted octanol–water partition coefficient (Wildman–Crippen LogP) is 3.61. The van der Waals surface area contributed by atoms with Crippen molar-refractivity contribution in [1.82, 2.24) is 9.73 Å². The Morgan fingerprint density at radius 2 is 1.87 bits per heavy atom. The second kappa shape index (κ2) is 9.95. The van der Waals surface area contributed by atoms with Gasteiger partial charge in [0.1, 0.15) is 5.82 Å². The largest absolute Gasteiger partial charge is 0.272 e. The number of sulfonamides is 1. The van der Waals surface area contributed by atoms with Crippen LogP contribution in [0.15, 0.2) is 58.5 Å². The van der Waals surface area contributed by atoms with Crippen LogP contribution in [-0.4, -0.2) is 37.4 Å². The summed E-state index contributed by atoms with van der Waals surface area (Å²) in [5.41, 5.74) is 4.32. The molecule has 3 rings (SSSR count). The lowest BCUT2D eigenvalue weighted by Gasteiger charge is -2.32. The van der Waals surface area contributed by atoms with E-state index in [0.717, 1.165) is 42.5 Å². The highest BCUT2D eigenvalue weighted by Crippen LogP contribution is 2.27. The maximum absolute atomic E-state index is 13.3. The molecule has 0 radical (unpaired) electrons. The van der Waals surface area contributed by atoms with E-state index in [1.165, 1.54) is 22.7 Å². The zero-order chi connectivity index (χ0) is 21.6. The molecule has 0 bridgehead atoms. The lowest BCUT2D eigenvalue weighted by atomic mass is 9.95. The van der Waals surface area contributed by atoms with Gasteiger partial charge in [-0.05, 0) is 49.6 Å². The molecule has 2 aromatic carbocycles. The first-order valence-corrected chi connectivity index (χ1v) is 11.5. The Bertz CT molecular complexity index is 1000. The number of hydrazone groups is 1. The van der Waals surface area contributed by atoms with E-state index < -0.39 is 21.7 Å². The number of amides is 1. The van der Waals surface area contributed by atoms with Crippen LogP contribution in [0.3, 0.4) is 0 Å². The summed E-state index contributed by atoms with van der Waals surface area (Å²) in [6.45, 7) is 1.62. The van der Waals surface area contributed by atoms with E-state index in [1.807, 2.05) is 31.2 Å². The van der Waals surface area contributed by atoms with Gasteiger partial charge in [-0.1, -0.05) is 49.1 Å². The van der Waals surface area contributed by atoms with Gasteiger partial charge in [-0.25, -0.2) is 18.2 Å². The van der Waals surface area contributed by atoms with Gasteiger partial charge in [0.05, 0.1) is 17.7 Å². The Morgan fingerprint density at radius 1 is 1.17 bits per heavy atom. The summed E-state index contributed by atoms with van der Waals surface area (Å²) in [6.07, 6.45) is 5.78. The van der Waals surface area contributed by atoms with Gasteiger partial charge in [-0.3, -0.25) is 4.79 Å². The van der Waals surface area contributed by atoms with E-state index in [1.54, 1.807) is 0 Å². The number of hydrogen-bond donors (Lipinski definition) is 1. The van der Waals surface area contributed by atoms with Crippen LogP contribution >= 0.6 is 0 Å². The molecule has 0 aromatic heterocycles. The molecule has 0 unspecified atom stereocenters. The van der Waals surface area contributed by atoms with Crippen molar-refractivity contribution in [3.05, 3.63) is 65.5 Å². The van der Waals surface area contributed by atoms with Crippen molar-refractivity contribution in [2.45, 2.75) is 50.0 Å². The van der Waals surface area contributed by atoms with Crippen molar-refractivity contribution in [2.75, 3.05) is 6.54 Å².